The number of carbonyl (C=O) groups is 2. The average molecular weight is 289 g/mol. The average Bonchev–Trinajstić information content (AvgIpc) is 2.97. The number of carboxylic acid groups (broad SMARTS) is 1. The first-order valence-electron chi connectivity index (χ1n) is 7.43. The highest BCUT2D eigenvalue weighted by atomic mass is 16.5. The molecule has 0 spiro atoms. The van der Waals surface area contributed by atoms with Crippen molar-refractivity contribution in [1.82, 2.24) is 0 Å². The Morgan fingerprint density at radius 1 is 1.24 bits per heavy atom. The van der Waals surface area contributed by atoms with Gasteiger partial charge >= 0.3 is 5.97 Å². The van der Waals surface area contributed by atoms with Gasteiger partial charge in [0.05, 0.1) is 12.5 Å². The van der Waals surface area contributed by atoms with Crippen molar-refractivity contribution >= 4 is 17.6 Å². The van der Waals surface area contributed by atoms with Crippen molar-refractivity contribution in [3.63, 3.8) is 0 Å². The van der Waals surface area contributed by atoms with Crippen LogP contribution >= 0.6 is 0 Å². The predicted octanol–water partition coefficient (Wildman–Crippen LogP) is 2.45. The van der Waals surface area contributed by atoms with E-state index < -0.39 is 5.97 Å². The fourth-order valence-corrected chi connectivity index (χ4v) is 3.13. The van der Waals surface area contributed by atoms with Gasteiger partial charge < -0.3 is 15.2 Å². The maximum atomic E-state index is 12.2. The number of benzene rings is 1. The summed E-state index contributed by atoms with van der Waals surface area (Å²) >= 11 is 0. The molecule has 1 aromatic rings. The van der Waals surface area contributed by atoms with E-state index in [0.29, 0.717) is 19.3 Å². The summed E-state index contributed by atoms with van der Waals surface area (Å²) in [5.74, 6) is -0.547. The van der Waals surface area contributed by atoms with E-state index in [-0.39, 0.29) is 17.7 Å². The Morgan fingerprint density at radius 3 is 2.81 bits per heavy atom. The van der Waals surface area contributed by atoms with Crippen molar-refractivity contribution in [2.24, 2.45) is 11.8 Å². The maximum Gasteiger partial charge on any atom is 0.306 e. The lowest BCUT2D eigenvalue weighted by atomic mass is 10.0. The Morgan fingerprint density at radius 2 is 2.05 bits per heavy atom. The number of hydrogen-bond donors (Lipinski definition) is 2. The summed E-state index contributed by atoms with van der Waals surface area (Å²) in [5, 5.41) is 11.9. The van der Waals surface area contributed by atoms with E-state index >= 15 is 0 Å². The van der Waals surface area contributed by atoms with Crippen LogP contribution in [0.3, 0.4) is 0 Å². The Hall–Kier alpha value is -2.04. The number of hydrogen-bond acceptors (Lipinski definition) is 3. The summed E-state index contributed by atoms with van der Waals surface area (Å²) in [7, 11) is 0. The summed E-state index contributed by atoms with van der Waals surface area (Å²) in [6.07, 6.45) is 3.63. The van der Waals surface area contributed by atoms with Gasteiger partial charge in [-0.3, -0.25) is 9.59 Å². The highest BCUT2D eigenvalue weighted by Crippen LogP contribution is 2.33. The van der Waals surface area contributed by atoms with Crippen LogP contribution in [0.4, 0.5) is 5.69 Å². The van der Waals surface area contributed by atoms with Gasteiger partial charge in [-0.05, 0) is 55.9 Å². The van der Waals surface area contributed by atoms with Crippen LogP contribution in [-0.2, 0) is 16.0 Å². The van der Waals surface area contributed by atoms with Gasteiger partial charge in [0.1, 0.15) is 5.75 Å². The summed E-state index contributed by atoms with van der Waals surface area (Å²) in [4.78, 5) is 23.2. The summed E-state index contributed by atoms with van der Waals surface area (Å²) < 4.78 is 5.55. The zero-order valence-corrected chi connectivity index (χ0v) is 11.8. The minimum absolute atomic E-state index is 0.0737. The normalized spacial score (nSPS) is 24.0. The number of fused-ring (bicyclic) bond motifs is 1. The van der Waals surface area contributed by atoms with Crippen LogP contribution in [0.15, 0.2) is 18.2 Å². The zero-order valence-electron chi connectivity index (χ0n) is 11.8. The largest absolute Gasteiger partial charge is 0.493 e. The molecule has 3 rings (SSSR count). The maximum absolute atomic E-state index is 12.2. The SMILES string of the molecule is O=C(O)[C@@H]1CC[C@H](C(=O)Nc2ccc3c(c2)CCCO3)C1. The van der Waals surface area contributed by atoms with Crippen LogP contribution in [0.2, 0.25) is 0 Å². The Labute approximate surface area is 123 Å². The topological polar surface area (TPSA) is 75.6 Å². The second-order valence-electron chi connectivity index (χ2n) is 5.81. The number of aliphatic carboxylic acids is 1. The molecule has 2 N–H and O–H groups in total. The van der Waals surface area contributed by atoms with Crippen LogP contribution in [-0.4, -0.2) is 23.6 Å². The molecule has 1 aliphatic carbocycles. The van der Waals surface area contributed by atoms with Crippen molar-refractivity contribution in [2.45, 2.75) is 32.1 Å². The number of ether oxygens (including phenoxy) is 1. The van der Waals surface area contributed by atoms with Crippen molar-refractivity contribution in [1.29, 1.82) is 0 Å². The molecule has 5 heteroatoms. The molecular formula is C16H19NO4. The number of rotatable bonds is 3. The van der Waals surface area contributed by atoms with Gasteiger partial charge in [-0.2, -0.15) is 0 Å². The molecular weight excluding hydrogens is 270 g/mol. The standard InChI is InChI=1S/C16H19NO4/c18-15(11-3-4-12(8-11)16(19)20)17-13-5-6-14-10(9-13)2-1-7-21-14/h5-6,9,11-12H,1-4,7-8H2,(H,17,18)(H,19,20)/t11-,12+/m0/s1. The van der Waals surface area contributed by atoms with E-state index in [2.05, 4.69) is 5.32 Å². The molecule has 1 heterocycles. The second-order valence-corrected chi connectivity index (χ2v) is 5.81. The molecule has 0 bridgehead atoms. The van der Waals surface area contributed by atoms with Crippen LogP contribution in [0.1, 0.15) is 31.2 Å². The number of nitrogens with one attached hydrogen (secondary N) is 1. The highest BCUT2D eigenvalue weighted by molar-refractivity contribution is 5.93. The molecule has 0 saturated heterocycles. The third-order valence-corrected chi connectivity index (χ3v) is 4.33. The molecule has 1 aromatic carbocycles. The van der Waals surface area contributed by atoms with Gasteiger partial charge in [0.2, 0.25) is 5.91 Å². The predicted molar refractivity (Wildman–Crippen MR) is 77.4 cm³/mol. The minimum atomic E-state index is -0.795. The fraction of sp³-hybridized carbons (Fsp3) is 0.500. The Bertz CT molecular complexity index is 569. The molecule has 0 unspecified atom stereocenters. The molecule has 0 aromatic heterocycles. The number of carbonyl (C=O) groups excluding carboxylic acids is 1. The van der Waals surface area contributed by atoms with Crippen LogP contribution in [0.5, 0.6) is 5.75 Å². The first kappa shape index (κ1) is 13.9. The molecule has 1 saturated carbocycles. The van der Waals surface area contributed by atoms with Gasteiger partial charge in [-0.25, -0.2) is 0 Å². The van der Waals surface area contributed by atoms with Gasteiger partial charge in [0.25, 0.3) is 0 Å². The number of amides is 1. The molecule has 0 radical (unpaired) electrons. The van der Waals surface area contributed by atoms with E-state index in [1.165, 1.54) is 0 Å². The van der Waals surface area contributed by atoms with Crippen LogP contribution in [0.25, 0.3) is 0 Å². The fourth-order valence-electron chi connectivity index (χ4n) is 3.13. The first-order chi connectivity index (χ1) is 10.1. The third-order valence-electron chi connectivity index (χ3n) is 4.33. The summed E-state index contributed by atoms with van der Waals surface area (Å²) in [6.45, 7) is 0.747. The lowest BCUT2D eigenvalue weighted by Gasteiger charge is -2.18. The quantitative estimate of drug-likeness (QED) is 0.896. The molecule has 1 fully saturated rings. The molecule has 2 aliphatic rings. The van der Waals surface area contributed by atoms with E-state index in [1.54, 1.807) is 0 Å². The van der Waals surface area contributed by atoms with E-state index in [1.807, 2.05) is 18.2 Å². The minimum Gasteiger partial charge on any atom is -0.493 e. The monoisotopic (exact) mass is 289 g/mol. The second kappa shape index (κ2) is 5.76. The number of anilines is 1. The lowest BCUT2D eigenvalue weighted by Crippen LogP contribution is -2.22. The Kier molecular flexibility index (Phi) is 3.82. The van der Waals surface area contributed by atoms with Crippen molar-refractivity contribution in [2.75, 3.05) is 11.9 Å². The van der Waals surface area contributed by atoms with Gasteiger partial charge in [-0.15, -0.1) is 0 Å². The smallest absolute Gasteiger partial charge is 0.306 e. The van der Waals surface area contributed by atoms with Crippen molar-refractivity contribution in [3.05, 3.63) is 23.8 Å². The molecule has 5 nitrogen and oxygen atoms in total. The molecule has 1 amide bonds. The molecule has 112 valence electrons. The van der Waals surface area contributed by atoms with E-state index in [9.17, 15) is 9.59 Å². The van der Waals surface area contributed by atoms with E-state index in [0.717, 1.165) is 36.4 Å². The van der Waals surface area contributed by atoms with Crippen LogP contribution in [0, 0.1) is 11.8 Å². The van der Waals surface area contributed by atoms with Gasteiger partial charge in [0, 0.05) is 11.6 Å². The van der Waals surface area contributed by atoms with E-state index in [4.69, 9.17) is 9.84 Å². The van der Waals surface area contributed by atoms with Gasteiger partial charge in [0.15, 0.2) is 0 Å². The summed E-state index contributed by atoms with van der Waals surface area (Å²) in [6, 6.07) is 5.68. The zero-order chi connectivity index (χ0) is 14.8. The molecule has 2 atom stereocenters. The van der Waals surface area contributed by atoms with Crippen molar-refractivity contribution < 1.29 is 19.4 Å². The van der Waals surface area contributed by atoms with Crippen molar-refractivity contribution in [3.8, 4) is 5.75 Å². The van der Waals surface area contributed by atoms with Crippen LogP contribution < -0.4 is 10.1 Å². The lowest BCUT2D eigenvalue weighted by molar-refractivity contribution is -0.141. The first-order valence-corrected chi connectivity index (χ1v) is 7.43. The number of carboxylic acids is 1. The third kappa shape index (κ3) is 3.01. The summed E-state index contributed by atoms with van der Waals surface area (Å²) in [5.41, 5.74) is 1.89. The molecule has 21 heavy (non-hydrogen) atoms. The van der Waals surface area contributed by atoms with Gasteiger partial charge in [-0.1, -0.05) is 0 Å². The number of aryl methyl sites for hydroxylation is 1. The highest BCUT2D eigenvalue weighted by Gasteiger charge is 2.33. The molecule has 1 aliphatic heterocycles. The Balaban J connectivity index is 1.64.